The molecule has 0 saturated carbocycles. The topological polar surface area (TPSA) is 137 Å². The van der Waals surface area contributed by atoms with Crippen molar-refractivity contribution in [1.82, 2.24) is 15.2 Å². The van der Waals surface area contributed by atoms with Crippen LogP contribution in [0.2, 0.25) is 5.02 Å². The first-order valence-corrected chi connectivity index (χ1v) is 10.5. The number of hydrogen-bond acceptors (Lipinski definition) is 8. The van der Waals surface area contributed by atoms with Gasteiger partial charge in [0.15, 0.2) is 6.19 Å². The first kappa shape index (κ1) is 23.0. The number of nitrogens with two attached hydrogens (primary N) is 2. The highest BCUT2D eigenvalue weighted by atomic mass is 35.5. The smallest absolute Gasteiger partial charge is 0.219 e. The normalized spacial score (nSPS) is 18.8. The Morgan fingerprint density at radius 2 is 2.00 bits per heavy atom. The van der Waals surface area contributed by atoms with Crippen molar-refractivity contribution in [2.75, 3.05) is 6.54 Å². The Labute approximate surface area is 192 Å². The number of piperidine rings is 1. The van der Waals surface area contributed by atoms with Crippen LogP contribution in [0.3, 0.4) is 0 Å². The average Bonchev–Trinajstić information content (AvgIpc) is 2.77. The molecule has 1 aliphatic rings. The molecule has 2 unspecified atom stereocenters. The van der Waals surface area contributed by atoms with Crippen LogP contribution in [0.5, 0.6) is 11.6 Å². The molecule has 3 rings (SSSR count). The summed E-state index contributed by atoms with van der Waals surface area (Å²) in [7, 11) is 0. The summed E-state index contributed by atoms with van der Waals surface area (Å²) >= 11 is 5.84. The second-order valence-electron chi connectivity index (χ2n) is 7.65. The van der Waals surface area contributed by atoms with Gasteiger partial charge < -0.3 is 26.4 Å². The van der Waals surface area contributed by atoms with Crippen LogP contribution >= 0.6 is 11.6 Å². The van der Waals surface area contributed by atoms with Gasteiger partial charge in [-0.1, -0.05) is 18.2 Å². The molecule has 0 radical (unpaired) electrons. The number of ether oxygens (including phenoxy) is 1. The Bertz CT molecular complexity index is 1060. The van der Waals surface area contributed by atoms with Crippen molar-refractivity contribution in [3.8, 4) is 17.8 Å². The van der Waals surface area contributed by atoms with Crippen molar-refractivity contribution in [1.29, 1.82) is 10.7 Å². The average molecular weight is 452 g/mol. The van der Waals surface area contributed by atoms with Crippen molar-refractivity contribution < 1.29 is 4.74 Å². The number of allylic oxidation sites excluding steroid dienone is 1. The highest BCUT2D eigenvalue weighted by Gasteiger charge is 2.25. The van der Waals surface area contributed by atoms with Gasteiger partial charge in [-0.25, -0.2) is 4.98 Å². The maximum absolute atomic E-state index is 9.29. The van der Waals surface area contributed by atoms with Gasteiger partial charge >= 0.3 is 0 Å². The Kier molecular flexibility index (Phi) is 7.23. The van der Waals surface area contributed by atoms with Gasteiger partial charge in [-0.05, 0) is 50.1 Å². The summed E-state index contributed by atoms with van der Waals surface area (Å²) in [5.41, 5.74) is 13.5. The molecule has 32 heavy (non-hydrogen) atoms. The van der Waals surface area contributed by atoms with Crippen molar-refractivity contribution in [2.24, 2.45) is 11.5 Å². The molecule has 8 nitrogen and oxygen atoms in total. The third-order valence-electron chi connectivity index (χ3n) is 5.28. The van der Waals surface area contributed by atoms with Crippen molar-refractivity contribution in [3.05, 3.63) is 76.9 Å². The lowest BCUT2D eigenvalue weighted by Crippen LogP contribution is -2.48. The molecule has 1 saturated heterocycles. The highest BCUT2D eigenvalue weighted by molar-refractivity contribution is 6.30. The maximum atomic E-state index is 9.29. The lowest BCUT2D eigenvalue weighted by atomic mass is 9.98. The first-order chi connectivity index (χ1) is 15.3. The fourth-order valence-corrected chi connectivity index (χ4v) is 3.61. The summed E-state index contributed by atoms with van der Waals surface area (Å²) in [5, 5.41) is 21.7. The van der Waals surface area contributed by atoms with Gasteiger partial charge in [-0.2, -0.15) is 5.26 Å². The second kappa shape index (κ2) is 10.1. The van der Waals surface area contributed by atoms with E-state index in [4.69, 9.17) is 33.2 Å². The summed E-state index contributed by atoms with van der Waals surface area (Å²) in [5.74, 6) is 1.24. The van der Waals surface area contributed by atoms with Gasteiger partial charge in [0.05, 0.1) is 16.3 Å². The minimum atomic E-state index is -0.0179. The van der Waals surface area contributed by atoms with Crippen molar-refractivity contribution in [2.45, 2.75) is 31.8 Å². The molecule has 1 aliphatic heterocycles. The molecule has 2 heterocycles. The van der Waals surface area contributed by atoms with E-state index in [1.165, 1.54) is 6.20 Å². The molecular weight excluding hydrogens is 426 g/mol. The second-order valence-corrected chi connectivity index (χ2v) is 8.09. The number of pyridine rings is 1. The molecule has 2 aromatic rings. The quantitative estimate of drug-likeness (QED) is 0.287. The zero-order valence-electron chi connectivity index (χ0n) is 17.8. The van der Waals surface area contributed by atoms with E-state index in [1.807, 2.05) is 6.92 Å². The monoisotopic (exact) mass is 451 g/mol. The first-order valence-electron chi connectivity index (χ1n) is 10.1. The standard InChI is InChI=1S/C23H26ClN7O/c1-14-3-7-18(12-31(14)13-25)30-23(28)21(15(2)26)22(27)16-4-8-19(9-5-16)32-20-10-6-17(24)11-29-20/h4-6,8-11,14,18,27,30H,2-3,7,12,26,28H2,1H3/b23-21-,27-22?. The third-order valence-corrected chi connectivity index (χ3v) is 5.50. The SMILES string of the molecule is C=C(N)/C(C(=N)c1ccc(Oc2ccc(Cl)cn2)cc1)=C(\N)NC1CCC(C)N(C#N)C1. The number of likely N-dealkylation sites (tertiary alicyclic amines) is 1. The van der Waals surface area contributed by atoms with Gasteiger partial charge in [0.2, 0.25) is 5.88 Å². The summed E-state index contributed by atoms with van der Waals surface area (Å²) < 4.78 is 5.69. The van der Waals surface area contributed by atoms with Gasteiger partial charge in [-0.3, -0.25) is 5.41 Å². The van der Waals surface area contributed by atoms with Crippen molar-refractivity contribution in [3.63, 3.8) is 0 Å². The molecule has 0 aliphatic carbocycles. The van der Waals surface area contributed by atoms with E-state index < -0.39 is 0 Å². The number of benzene rings is 1. The molecule has 6 N–H and O–H groups in total. The molecule has 166 valence electrons. The number of nitrogens with one attached hydrogen (secondary N) is 2. The Hall–Kier alpha value is -3.70. The van der Waals surface area contributed by atoms with Gasteiger partial charge in [0.25, 0.3) is 0 Å². The molecule has 1 aromatic heterocycles. The molecule has 1 fully saturated rings. The predicted octanol–water partition coefficient (Wildman–Crippen LogP) is 3.46. The number of rotatable bonds is 7. The van der Waals surface area contributed by atoms with E-state index in [1.54, 1.807) is 41.3 Å². The zero-order valence-corrected chi connectivity index (χ0v) is 18.6. The van der Waals surface area contributed by atoms with Crippen LogP contribution < -0.4 is 21.5 Å². The molecular formula is C23H26ClN7O. The van der Waals surface area contributed by atoms with E-state index in [2.05, 4.69) is 23.1 Å². The zero-order chi connectivity index (χ0) is 23.3. The van der Waals surface area contributed by atoms with Crippen molar-refractivity contribution >= 4 is 17.3 Å². The highest BCUT2D eigenvalue weighted by Crippen LogP contribution is 2.23. The molecule has 9 heteroatoms. The van der Waals surface area contributed by atoms with Crippen LogP contribution in [-0.4, -0.2) is 34.2 Å². The van der Waals surface area contributed by atoms with Crippen LogP contribution in [0.25, 0.3) is 0 Å². The van der Waals surface area contributed by atoms with Gasteiger partial charge in [-0.15, -0.1) is 0 Å². The number of nitriles is 1. The van der Waals surface area contributed by atoms with Gasteiger partial charge in [0, 0.05) is 42.2 Å². The van der Waals surface area contributed by atoms with Crippen LogP contribution in [0, 0.1) is 16.9 Å². The maximum Gasteiger partial charge on any atom is 0.219 e. The van der Waals surface area contributed by atoms with Crippen LogP contribution in [0.4, 0.5) is 0 Å². The number of hydrogen-bond donors (Lipinski definition) is 4. The van der Waals surface area contributed by atoms with E-state index in [0.717, 1.165) is 12.8 Å². The van der Waals surface area contributed by atoms with E-state index in [0.29, 0.717) is 34.3 Å². The summed E-state index contributed by atoms with van der Waals surface area (Å²) in [6.45, 7) is 6.36. The van der Waals surface area contributed by atoms with E-state index in [9.17, 15) is 5.26 Å². The Morgan fingerprint density at radius 1 is 1.28 bits per heavy atom. The Morgan fingerprint density at radius 3 is 2.59 bits per heavy atom. The lowest BCUT2D eigenvalue weighted by Gasteiger charge is -2.35. The largest absolute Gasteiger partial charge is 0.439 e. The third kappa shape index (κ3) is 5.50. The van der Waals surface area contributed by atoms with E-state index in [-0.39, 0.29) is 29.3 Å². The summed E-state index contributed by atoms with van der Waals surface area (Å²) in [4.78, 5) is 5.82. The van der Waals surface area contributed by atoms with Gasteiger partial charge in [0.1, 0.15) is 11.6 Å². The summed E-state index contributed by atoms with van der Waals surface area (Å²) in [6.07, 6.45) is 5.45. The fourth-order valence-electron chi connectivity index (χ4n) is 3.50. The fraction of sp³-hybridized carbons (Fsp3) is 0.261. The number of nitrogens with zero attached hydrogens (tertiary/aromatic N) is 3. The predicted molar refractivity (Wildman–Crippen MR) is 125 cm³/mol. The minimum Gasteiger partial charge on any atom is -0.439 e. The number of halogens is 1. The van der Waals surface area contributed by atoms with Crippen LogP contribution in [0.15, 0.2) is 66.3 Å². The lowest BCUT2D eigenvalue weighted by molar-refractivity contribution is 0.204. The molecule has 0 spiro atoms. The van der Waals surface area contributed by atoms with Crippen LogP contribution in [0.1, 0.15) is 25.3 Å². The molecule has 0 bridgehead atoms. The molecule has 1 aromatic carbocycles. The summed E-state index contributed by atoms with van der Waals surface area (Å²) in [6, 6.07) is 10.5. The Balaban J connectivity index is 1.74. The molecule has 0 amide bonds. The van der Waals surface area contributed by atoms with E-state index >= 15 is 0 Å². The van der Waals surface area contributed by atoms with Crippen LogP contribution in [-0.2, 0) is 0 Å². The minimum absolute atomic E-state index is 0.0179. The number of aromatic nitrogens is 1. The molecule has 2 atom stereocenters.